The van der Waals surface area contributed by atoms with Crippen molar-refractivity contribution in [1.29, 1.82) is 0 Å². The van der Waals surface area contributed by atoms with E-state index in [-0.39, 0.29) is 0 Å². The van der Waals surface area contributed by atoms with Gasteiger partial charge in [0.25, 0.3) is 0 Å². The molecule has 1 aliphatic carbocycles. The Morgan fingerprint density at radius 2 is 2.08 bits per heavy atom. The number of hydrogen-bond acceptors (Lipinski definition) is 2. The first-order valence-electron chi connectivity index (χ1n) is 5.27. The van der Waals surface area contributed by atoms with Gasteiger partial charge in [-0.15, -0.1) is 0 Å². The second kappa shape index (κ2) is 3.75. The number of likely N-dealkylation sites (N-methyl/N-ethyl adjacent to an activating group) is 1. The van der Waals surface area contributed by atoms with Crippen LogP contribution in [-0.2, 0) is 0 Å². The smallest absolute Gasteiger partial charge is 0.0342 e. The molecular formula is C10H20N2. The Balaban J connectivity index is 1.58. The highest BCUT2D eigenvalue weighted by molar-refractivity contribution is 4.83. The quantitative estimate of drug-likeness (QED) is 0.676. The highest BCUT2D eigenvalue weighted by Crippen LogP contribution is 2.29. The van der Waals surface area contributed by atoms with Crippen LogP contribution >= 0.6 is 0 Å². The molecular weight excluding hydrogens is 148 g/mol. The van der Waals surface area contributed by atoms with Crippen molar-refractivity contribution in [1.82, 2.24) is 10.2 Å². The summed E-state index contributed by atoms with van der Waals surface area (Å²) in [4.78, 5) is 2.52. The average molecular weight is 168 g/mol. The first-order valence-corrected chi connectivity index (χ1v) is 5.27. The van der Waals surface area contributed by atoms with Crippen LogP contribution in [0.1, 0.15) is 25.7 Å². The summed E-state index contributed by atoms with van der Waals surface area (Å²) in [6.07, 6.45) is 5.92. The van der Waals surface area contributed by atoms with E-state index in [0.717, 1.165) is 12.0 Å². The molecule has 0 atom stereocenters. The van der Waals surface area contributed by atoms with Gasteiger partial charge in [0.15, 0.2) is 0 Å². The molecule has 0 unspecified atom stereocenters. The maximum absolute atomic E-state index is 3.32. The normalized spacial score (nSPS) is 25.5. The van der Waals surface area contributed by atoms with Gasteiger partial charge in [0, 0.05) is 19.1 Å². The molecule has 12 heavy (non-hydrogen) atoms. The predicted molar refractivity (Wildman–Crippen MR) is 51.2 cm³/mol. The minimum absolute atomic E-state index is 0.838. The summed E-state index contributed by atoms with van der Waals surface area (Å²) in [7, 11) is 2.27. The molecule has 2 heteroatoms. The molecule has 0 bridgehead atoms. The molecule has 0 aromatic carbocycles. The molecule has 0 radical (unpaired) electrons. The molecule has 2 aliphatic rings. The number of rotatable bonds is 4. The zero-order valence-electron chi connectivity index (χ0n) is 8.05. The van der Waals surface area contributed by atoms with Crippen LogP contribution in [0.2, 0.25) is 0 Å². The van der Waals surface area contributed by atoms with Gasteiger partial charge in [-0.2, -0.15) is 0 Å². The molecule has 1 heterocycles. The lowest BCUT2D eigenvalue weighted by Gasteiger charge is -2.37. The van der Waals surface area contributed by atoms with E-state index in [1.165, 1.54) is 45.3 Å². The second-order valence-corrected chi connectivity index (χ2v) is 4.38. The largest absolute Gasteiger partial charge is 0.314 e. The van der Waals surface area contributed by atoms with E-state index < -0.39 is 0 Å². The fourth-order valence-electron chi connectivity index (χ4n) is 1.94. The fraction of sp³-hybridized carbons (Fsp3) is 1.00. The Kier molecular flexibility index (Phi) is 2.66. The Hall–Kier alpha value is -0.0800. The van der Waals surface area contributed by atoms with Crippen LogP contribution in [-0.4, -0.2) is 37.6 Å². The van der Waals surface area contributed by atoms with Crippen molar-refractivity contribution >= 4 is 0 Å². The predicted octanol–water partition coefficient (Wildman–Crippen LogP) is 1.08. The van der Waals surface area contributed by atoms with Gasteiger partial charge in [0.1, 0.15) is 0 Å². The van der Waals surface area contributed by atoms with Crippen LogP contribution in [0.4, 0.5) is 0 Å². The average Bonchev–Trinajstić information content (AvgIpc) is 1.79. The van der Waals surface area contributed by atoms with Crippen molar-refractivity contribution in [2.75, 3.05) is 26.7 Å². The van der Waals surface area contributed by atoms with Crippen molar-refractivity contribution < 1.29 is 0 Å². The lowest BCUT2D eigenvalue weighted by atomic mass is 9.83. The van der Waals surface area contributed by atoms with E-state index in [0.29, 0.717) is 0 Å². The van der Waals surface area contributed by atoms with E-state index in [1.807, 2.05) is 0 Å². The standard InChI is InChI=1S/C10H20N2/c1-12(10-7-11-8-10)6-5-9-3-2-4-9/h9-11H,2-8H2,1H3. The van der Waals surface area contributed by atoms with Gasteiger partial charge in [-0.1, -0.05) is 19.3 Å². The monoisotopic (exact) mass is 168 g/mol. The number of nitrogens with zero attached hydrogens (tertiary/aromatic N) is 1. The topological polar surface area (TPSA) is 15.3 Å². The van der Waals surface area contributed by atoms with Crippen molar-refractivity contribution in [3.63, 3.8) is 0 Å². The molecule has 1 saturated carbocycles. The van der Waals surface area contributed by atoms with Crippen LogP contribution in [0.5, 0.6) is 0 Å². The minimum Gasteiger partial charge on any atom is -0.314 e. The molecule has 0 spiro atoms. The lowest BCUT2D eigenvalue weighted by molar-refractivity contribution is 0.156. The Labute approximate surface area is 75.3 Å². The molecule has 1 saturated heterocycles. The molecule has 2 fully saturated rings. The summed E-state index contributed by atoms with van der Waals surface area (Å²) >= 11 is 0. The van der Waals surface area contributed by atoms with Crippen LogP contribution in [0, 0.1) is 5.92 Å². The van der Waals surface area contributed by atoms with Crippen molar-refractivity contribution in [2.24, 2.45) is 5.92 Å². The second-order valence-electron chi connectivity index (χ2n) is 4.38. The van der Waals surface area contributed by atoms with Crippen LogP contribution in [0.3, 0.4) is 0 Å². The fourth-order valence-corrected chi connectivity index (χ4v) is 1.94. The third-order valence-electron chi connectivity index (χ3n) is 3.50. The van der Waals surface area contributed by atoms with Crippen molar-refractivity contribution in [3.05, 3.63) is 0 Å². The van der Waals surface area contributed by atoms with Crippen LogP contribution < -0.4 is 5.32 Å². The first kappa shape index (κ1) is 8.52. The van der Waals surface area contributed by atoms with Crippen molar-refractivity contribution in [2.45, 2.75) is 31.7 Å². The van der Waals surface area contributed by atoms with Gasteiger partial charge in [-0.05, 0) is 25.9 Å². The van der Waals surface area contributed by atoms with Crippen LogP contribution in [0.25, 0.3) is 0 Å². The van der Waals surface area contributed by atoms with E-state index in [2.05, 4.69) is 17.3 Å². The zero-order chi connectivity index (χ0) is 8.39. The van der Waals surface area contributed by atoms with Gasteiger partial charge >= 0.3 is 0 Å². The molecule has 70 valence electrons. The Bertz CT molecular complexity index is 139. The highest BCUT2D eigenvalue weighted by Gasteiger charge is 2.23. The molecule has 2 rings (SSSR count). The summed E-state index contributed by atoms with van der Waals surface area (Å²) in [5, 5.41) is 3.32. The Morgan fingerprint density at radius 3 is 2.50 bits per heavy atom. The van der Waals surface area contributed by atoms with Crippen molar-refractivity contribution in [3.8, 4) is 0 Å². The van der Waals surface area contributed by atoms with Gasteiger partial charge in [0.2, 0.25) is 0 Å². The summed E-state index contributed by atoms with van der Waals surface area (Å²) in [6.45, 7) is 3.74. The maximum Gasteiger partial charge on any atom is 0.0342 e. The highest BCUT2D eigenvalue weighted by atomic mass is 15.2. The van der Waals surface area contributed by atoms with Gasteiger partial charge in [-0.25, -0.2) is 0 Å². The number of nitrogens with one attached hydrogen (secondary N) is 1. The molecule has 1 N–H and O–H groups in total. The van der Waals surface area contributed by atoms with Crippen LogP contribution in [0.15, 0.2) is 0 Å². The number of hydrogen-bond donors (Lipinski definition) is 1. The maximum atomic E-state index is 3.32. The van der Waals surface area contributed by atoms with E-state index in [4.69, 9.17) is 0 Å². The van der Waals surface area contributed by atoms with Gasteiger partial charge < -0.3 is 10.2 Å². The summed E-state index contributed by atoms with van der Waals surface area (Å²) in [6, 6.07) is 0.838. The third kappa shape index (κ3) is 1.80. The van der Waals surface area contributed by atoms with E-state index in [9.17, 15) is 0 Å². The minimum atomic E-state index is 0.838. The first-order chi connectivity index (χ1) is 5.86. The zero-order valence-corrected chi connectivity index (χ0v) is 8.05. The molecule has 0 aromatic rings. The molecule has 0 amide bonds. The SMILES string of the molecule is CN(CCC1CCC1)C1CNC1. The summed E-state index contributed by atoms with van der Waals surface area (Å²) < 4.78 is 0. The van der Waals surface area contributed by atoms with Gasteiger partial charge in [-0.3, -0.25) is 0 Å². The molecule has 1 aliphatic heterocycles. The molecule has 0 aromatic heterocycles. The van der Waals surface area contributed by atoms with E-state index in [1.54, 1.807) is 0 Å². The lowest BCUT2D eigenvalue weighted by Crippen LogP contribution is -2.56. The van der Waals surface area contributed by atoms with Gasteiger partial charge in [0.05, 0.1) is 0 Å². The molecule has 2 nitrogen and oxygen atoms in total. The van der Waals surface area contributed by atoms with E-state index >= 15 is 0 Å². The Morgan fingerprint density at radius 1 is 1.33 bits per heavy atom. The summed E-state index contributed by atoms with van der Waals surface area (Å²) in [5.41, 5.74) is 0. The third-order valence-corrected chi connectivity index (χ3v) is 3.50. The summed E-state index contributed by atoms with van der Waals surface area (Å²) in [5.74, 6) is 1.07.